The van der Waals surface area contributed by atoms with Crippen molar-refractivity contribution < 1.29 is 0 Å². The molecule has 3 heteroatoms. The Hall–Kier alpha value is -1.90. The lowest BCUT2D eigenvalue weighted by Crippen LogP contribution is -2.35. The molecule has 0 fully saturated rings. The van der Waals surface area contributed by atoms with Gasteiger partial charge in [0.05, 0.1) is 5.71 Å². The van der Waals surface area contributed by atoms with Crippen LogP contribution in [0.2, 0.25) is 0 Å². The molecule has 0 saturated carbocycles. The number of fused-ring (bicyclic) bond motifs is 1. The summed E-state index contributed by atoms with van der Waals surface area (Å²) in [5.41, 5.74) is 6.07. The van der Waals surface area contributed by atoms with E-state index in [0.29, 0.717) is 12.0 Å². The van der Waals surface area contributed by atoms with Crippen molar-refractivity contribution in [3.05, 3.63) is 41.6 Å². The molecule has 0 spiro atoms. The van der Waals surface area contributed by atoms with Gasteiger partial charge in [-0.25, -0.2) is 0 Å². The summed E-state index contributed by atoms with van der Waals surface area (Å²) in [6, 6.07) is 11.0. The lowest BCUT2D eigenvalue weighted by atomic mass is 9.87. The summed E-state index contributed by atoms with van der Waals surface area (Å²) in [5.74, 6) is 0.373. The van der Waals surface area contributed by atoms with Crippen LogP contribution in [-0.4, -0.2) is 17.5 Å². The topological polar surface area (TPSA) is 28.0 Å². The quantitative estimate of drug-likeness (QED) is 0.751. The zero-order chi connectivity index (χ0) is 13.6. The summed E-state index contributed by atoms with van der Waals surface area (Å²) < 4.78 is 0. The maximum Gasteiger partial charge on any atom is 0.0656 e. The van der Waals surface area contributed by atoms with Crippen LogP contribution in [0, 0.1) is 5.92 Å². The van der Waals surface area contributed by atoms with E-state index in [1.165, 1.54) is 17.0 Å². The van der Waals surface area contributed by atoms with E-state index in [1.807, 2.05) is 0 Å². The minimum Gasteiger partial charge on any atom is -0.341 e. The number of benzene rings is 1. The summed E-state index contributed by atoms with van der Waals surface area (Å²) in [7, 11) is 0. The number of para-hydroxylation sites is 1. The average Bonchev–Trinajstić information content (AvgIpc) is 2.68. The summed E-state index contributed by atoms with van der Waals surface area (Å²) in [6.07, 6.45) is 0. The second-order valence-corrected chi connectivity index (χ2v) is 5.35. The van der Waals surface area contributed by atoms with Crippen LogP contribution >= 0.6 is 0 Å². The maximum absolute atomic E-state index is 4.31. The summed E-state index contributed by atoms with van der Waals surface area (Å²) >= 11 is 0. The maximum atomic E-state index is 4.31. The average molecular weight is 253 g/mol. The highest BCUT2D eigenvalue weighted by Gasteiger charge is 2.40. The van der Waals surface area contributed by atoms with Crippen LogP contribution in [-0.2, 0) is 0 Å². The van der Waals surface area contributed by atoms with E-state index in [1.54, 1.807) is 0 Å². The van der Waals surface area contributed by atoms with Gasteiger partial charge in [-0.3, -0.25) is 0 Å². The molecule has 0 amide bonds. The highest BCUT2D eigenvalue weighted by atomic mass is 15.3. The lowest BCUT2D eigenvalue weighted by Gasteiger charge is -2.29. The first-order chi connectivity index (χ1) is 9.11. The summed E-state index contributed by atoms with van der Waals surface area (Å²) in [6.45, 7) is 8.60. The van der Waals surface area contributed by atoms with Crippen molar-refractivity contribution in [2.24, 2.45) is 16.1 Å². The number of rotatable bonds is 1. The first-order valence-corrected chi connectivity index (χ1v) is 6.75. The molecule has 0 saturated heterocycles. The van der Waals surface area contributed by atoms with Crippen molar-refractivity contribution in [3.8, 4) is 0 Å². The third kappa shape index (κ3) is 1.72. The van der Waals surface area contributed by atoms with Gasteiger partial charge in [0, 0.05) is 34.6 Å². The number of allylic oxidation sites excluding steroid dienone is 1. The molecule has 1 aromatic carbocycles. The smallest absolute Gasteiger partial charge is 0.0656 e. The monoisotopic (exact) mass is 253 g/mol. The van der Waals surface area contributed by atoms with Crippen molar-refractivity contribution >= 4 is 17.1 Å². The highest BCUT2D eigenvalue weighted by Crippen LogP contribution is 2.40. The first kappa shape index (κ1) is 12.2. The van der Waals surface area contributed by atoms with Crippen molar-refractivity contribution in [1.82, 2.24) is 0 Å². The molecule has 98 valence electrons. The fourth-order valence-electron chi connectivity index (χ4n) is 3.38. The molecule has 0 N–H and O–H groups in total. The molecular weight excluding hydrogens is 234 g/mol. The van der Waals surface area contributed by atoms with Gasteiger partial charge in [0.2, 0.25) is 0 Å². The first-order valence-electron chi connectivity index (χ1n) is 6.75. The molecule has 2 aliphatic rings. The normalized spacial score (nSPS) is 26.2. The molecule has 1 aromatic rings. The van der Waals surface area contributed by atoms with Gasteiger partial charge in [-0.05, 0) is 39.8 Å². The minimum absolute atomic E-state index is 0.373. The van der Waals surface area contributed by atoms with Gasteiger partial charge in [0.15, 0.2) is 0 Å². The Kier molecular flexibility index (Phi) is 2.77. The Labute approximate surface area is 114 Å². The van der Waals surface area contributed by atoms with Crippen LogP contribution in [0.1, 0.15) is 27.7 Å². The fourth-order valence-corrected chi connectivity index (χ4v) is 3.38. The SMILES string of the molecule is CC1=NN=C(C)C2C1=C(C)N(c1ccccc1)C2C. The van der Waals surface area contributed by atoms with Gasteiger partial charge in [-0.1, -0.05) is 18.2 Å². The van der Waals surface area contributed by atoms with E-state index in [-0.39, 0.29) is 0 Å². The van der Waals surface area contributed by atoms with Gasteiger partial charge in [0.25, 0.3) is 0 Å². The van der Waals surface area contributed by atoms with E-state index in [4.69, 9.17) is 0 Å². The molecule has 0 radical (unpaired) electrons. The summed E-state index contributed by atoms with van der Waals surface area (Å²) in [5, 5.41) is 8.60. The number of hydrogen-bond acceptors (Lipinski definition) is 3. The van der Waals surface area contributed by atoms with Crippen LogP contribution in [0.4, 0.5) is 5.69 Å². The van der Waals surface area contributed by atoms with Gasteiger partial charge < -0.3 is 4.90 Å². The van der Waals surface area contributed by atoms with Crippen LogP contribution in [0.15, 0.2) is 51.8 Å². The van der Waals surface area contributed by atoms with Gasteiger partial charge in [-0.15, -0.1) is 0 Å². The predicted octanol–water partition coefficient (Wildman–Crippen LogP) is 3.64. The predicted molar refractivity (Wildman–Crippen MR) is 80.8 cm³/mol. The second kappa shape index (κ2) is 4.34. The zero-order valence-corrected chi connectivity index (χ0v) is 11.9. The van der Waals surface area contributed by atoms with E-state index in [0.717, 1.165) is 11.4 Å². The van der Waals surface area contributed by atoms with E-state index >= 15 is 0 Å². The Morgan fingerprint density at radius 1 is 1.00 bits per heavy atom. The molecule has 0 aliphatic carbocycles. The van der Waals surface area contributed by atoms with E-state index in [2.05, 4.69) is 73.1 Å². The summed E-state index contributed by atoms with van der Waals surface area (Å²) in [4.78, 5) is 2.41. The second-order valence-electron chi connectivity index (χ2n) is 5.35. The molecule has 3 nitrogen and oxygen atoms in total. The van der Waals surface area contributed by atoms with E-state index in [9.17, 15) is 0 Å². The molecule has 2 heterocycles. The molecule has 19 heavy (non-hydrogen) atoms. The Morgan fingerprint density at radius 3 is 2.32 bits per heavy atom. The molecule has 0 bridgehead atoms. The third-order valence-electron chi connectivity index (χ3n) is 4.18. The van der Waals surface area contributed by atoms with Crippen molar-refractivity contribution in [2.75, 3.05) is 4.90 Å². The minimum atomic E-state index is 0.373. The molecule has 0 aromatic heterocycles. The van der Waals surface area contributed by atoms with Crippen LogP contribution in [0.25, 0.3) is 0 Å². The Morgan fingerprint density at radius 2 is 1.68 bits per heavy atom. The van der Waals surface area contributed by atoms with Crippen molar-refractivity contribution in [2.45, 2.75) is 33.7 Å². The largest absolute Gasteiger partial charge is 0.341 e. The molecule has 2 unspecified atom stereocenters. The van der Waals surface area contributed by atoms with Gasteiger partial charge in [0.1, 0.15) is 0 Å². The zero-order valence-electron chi connectivity index (χ0n) is 11.9. The van der Waals surface area contributed by atoms with Gasteiger partial charge in [-0.2, -0.15) is 10.2 Å². The molecule has 3 rings (SSSR count). The van der Waals surface area contributed by atoms with Crippen molar-refractivity contribution in [1.29, 1.82) is 0 Å². The van der Waals surface area contributed by atoms with Crippen LogP contribution in [0.5, 0.6) is 0 Å². The molecule has 2 aliphatic heterocycles. The van der Waals surface area contributed by atoms with Crippen LogP contribution < -0.4 is 4.90 Å². The highest BCUT2D eigenvalue weighted by molar-refractivity contribution is 6.09. The van der Waals surface area contributed by atoms with Gasteiger partial charge >= 0.3 is 0 Å². The lowest BCUT2D eigenvalue weighted by molar-refractivity contribution is 0.656. The number of nitrogens with zero attached hydrogens (tertiary/aromatic N) is 3. The number of hydrogen-bond donors (Lipinski definition) is 0. The van der Waals surface area contributed by atoms with Crippen LogP contribution in [0.3, 0.4) is 0 Å². The van der Waals surface area contributed by atoms with E-state index < -0.39 is 0 Å². The standard InChI is InChI=1S/C16H19N3/c1-10-15-12(3)19(14-8-6-5-7-9-14)13(4)16(15)11(2)18-17-10/h5-9,12,15H,1-4H3. The molecular formula is C16H19N3. The Balaban J connectivity index is 2.12. The van der Waals surface area contributed by atoms with Crippen molar-refractivity contribution in [3.63, 3.8) is 0 Å². The fraction of sp³-hybridized carbons (Fsp3) is 0.375. The third-order valence-corrected chi connectivity index (χ3v) is 4.18. The molecule has 2 atom stereocenters. The number of anilines is 1. The Bertz CT molecular complexity index is 596.